The molecule has 0 aromatic heterocycles. The van der Waals surface area contributed by atoms with Crippen LogP contribution >= 0.6 is 0 Å². The average Bonchev–Trinajstić information content (AvgIpc) is 2.19. The van der Waals surface area contributed by atoms with Gasteiger partial charge >= 0.3 is 0 Å². The summed E-state index contributed by atoms with van der Waals surface area (Å²) in [5, 5.41) is 9.64. The summed E-state index contributed by atoms with van der Waals surface area (Å²) < 4.78 is 0. The number of aryl methyl sites for hydroxylation is 1. The van der Waals surface area contributed by atoms with Crippen molar-refractivity contribution in [3.05, 3.63) is 28.8 Å². The van der Waals surface area contributed by atoms with E-state index in [4.69, 9.17) is 0 Å². The van der Waals surface area contributed by atoms with Crippen LogP contribution in [0.15, 0.2) is 12.1 Å². The van der Waals surface area contributed by atoms with E-state index in [0.717, 1.165) is 18.4 Å². The summed E-state index contributed by atoms with van der Waals surface area (Å²) in [6, 6.07) is 3.67. The molecule has 74 valence electrons. The minimum Gasteiger partial charge on any atom is -0.508 e. The van der Waals surface area contributed by atoms with Crippen LogP contribution in [-0.4, -0.2) is 10.9 Å². The molecule has 0 heterocycles. The minimum absolute atomic E-state index is 0.237. The van der Waals surface area contributed by atoms with Gasteiger partial charge in [0.05, 0.1) is 0 Å². The maximum Gasteiger partial charge on any atom is 0.137 e. The number of rotatable bonds is 1. The Hall–Kier alpha value is -1.31. The number of carbonyl (C=O) groups excluding carboxylic acids is 1. The van der Waals surface area contributed by atoms with Crippen LogP contribution in [0.25, 0.3) is 0 Å². The topological polar surface area (TPSA) is 37.3 Å². The van der Waals surface area contributed by atoms with E-state index in [9.17, 15) is 9.90 Å². The van der Waals surface area contributed by atoms with Crippen molar-refractivity contribution < 1.29 is 9.90 Å². The van der Waals surface area contributed by atoms with Crippen molar-refractivity contribution >= 4 is 5.78 Å². The highest BCUT2D eigenvalue weighted by molar-refractivity contribution is 5.84. The standard InChI is InChI=1S/C12H14O2/c1-2-8-3-6-12(14)11-7-9(13)4-5-10(8)11/h3,6,14H,2,4-5,7H2,1H3. The molecule has 0 bridgehead atoms. The van der Waals surface area contributed by atoms with Crippen molar-refractivity contribution in [2.24, 2.45) is 0 Å². The highest BCUT2D eigenvalue weighted by Crippen LogP contribution is 2.30. The Bertz CT molecular complexity index is 380. The summed E-state index contributed by atoms with van der Waals surface area (Å²) in [5.74, 6) is 0.520. The van der Waals surface area contributed by atoms with Gasteiger partial charge in [-0.2, -0.15) is 0 Å². The maximum atomic E-state index is 11.3. The smallest absolute Gasteiger partial charge is 0.137 e. The Kier molecular flexibility index (Phi) is 2.28. The Balaban J connectivity index is 2.54. The van der Waals surface area contributed by atoms with E-state index in [-0.39, 0.29) is 11.5 Å². The van der Waals surface area contributed by atoms with E-state index in [2.05, 4.69) is 6.92 Å². The SMILES string of the molecule is CCc1ccc(O)c2c1CCC(=O)C2. The van der Waals surface area contributed by atoms with E-state index in [1.54, 1.807) is 6.07 Å². The highest BCUT2D eigenvalue weighted by Gasteiger charge is 2.20. The first-order chi connectivity index (χ1) is 6.72. The summed E-state index contributed by atoms with van der Waals surface area (Å²) in [6.07, 6.45) is 2.81. The molecule has 0 aliphatic heterocycles. The maximum absolute atomic E-state index is 11.3. The fraction of sp³-hybridized carbons (Fsp3) is 0.417. The number of Topliss-reactive ketones (excluding diaryl/α,β-unsaturated/α-hetero) is 1. The van der Waals surface area contributed by atoms with Crippen LogP contribution in [-0.2, 0) is 24.1 Å². The predicted molar refractivity (Wildman–Crippen MR) is 54.5 cm³/mol. The Morgan fingerprint density at radius 2 is 2.07 bits per heavy atom. The van der Waals surface area contributed by atoms with Crippen molar-refractivity contribution in [1.29, 1.82) is 0 Å². The molecular formula is C12H14O2. The van der Waals surface area contributed by atoms with Crippen LogP contribution in [0.1, 0.15) is 30.0 Å². The van der Waals surface area contributed by atoms with Gasteiger partial charge in [0.1, 0.15) is 11.5 Å². The zero-order valence-electron chi connectivity index (χ0n) is 8.34. The number of aromatic hydroxyl groups is 1. The third-order valence-corrected chi connectivity index (χ3v) is 2.91. The van der Waals surface area contributed by atoms with E-state index < -0.39 is 0 Å². The Morgan fingerprint density at radius 3 is 2.79 bits per heavy atom. The number of hydrogen-bond acceptors (Lipinski definition) is 2. The molecule has 0 radical (unpaired) electrons. The van der Waals surface area contributed by atoms with Gasteiger partial charge in [-0.25, -0.2) is 0 Å². The molecule has 1 aliphatic carbocycles. The van der Waals surface area contributed by atoms with Gasteiger partial charge in [-0.05, 0) is 30.0 Å². The molecule has 2 nitrogen and oxygen atoms in total. The quantitative estimate of drug-likeness (QED) is 0.735. The lowest BCUT2D eigenvalue weighted by atomic mass is 9.86. The summed E-state index contributed by atoms with van der Waals surface area (Å²) in [5.41, 5.74) is 3.33. The number of phenolic OH excluding ortho intramolecular Hbond substituents is 1. The lowest BCUT2D eigenvalue weighted by Crippen LogP contribution is -2.15. The van der Waals surface area contributed by atoms with Gasteiger partial charge in [-0.15, -0.1) is 0 Å². The van der Waals surface area contributed by atoms with E-state index >= 15 is 0 Å². The molecule has 0 atom stereocenters. The fourth-order valence-corrected chi connectivity index (χ4v) is 2.12. The van der Waals surface area contributed by atoms with Gasteiger partial charge in [0.15, 0.2) is 0 Å². The van der Waals surface area contributed by atoms with Crippen LogP contribution in [0, 0.1) is 0 Å². The van der Waals surface area contributed by atoms with Crippen molar-refractivity contribution in [1.82, 2.24) is 0 Å². The fourth-order valence-electron chi connectivity index (χ4n) is 2.12. The van der Waals surface area contributed by atoms with Gasteiger partial charge in [0.25, 0.3) is 0 Å². The first-order valence-electron chi connectivity index (χ1n) is 5.06. The molecule has 1 aliphatic rings. The number of benzene rings is 1. The van der Waals surface area contributed by atoms with Gasteiger partial charge in [-0.1, -0.05) is 13.0 Å². The largest absolute Gasteiger partial charge is 0.508 e. The predicted octanol–water partition coefficient (Wildman–Crippen LogP) is 2.01. The molecule has 1 aromatic rings. The molecule has 0 saturated heterocycles. The third-order valence-electron chi connectivity index (χ3n) is 2.91. The van der Waals surface area contributed by atoms with E-state index in [1.165, 1.54) is 11.1 Å². The zero-order chi connectivity index (χ0) is 10.1. The average molecular weight is 190 g/mol. The van der Waals surface area contributed by atoms with Gasteiger partial charge in [0.2, 0.25) is 0 Å². The Morgan fingerprint density at radius 1 is 1.29 bits per heavy atom. The molecule has 2 heteroatoms. The number of hydrogen-bond donors (Lipinski definition) is 1. The number of phenols is 1. The first-order valence-corrected chi connectivity index (χ1v) is 5.06. The molecule has 0 saturated carbocycles. The zero-order valence-corrected chi connectivity index (χ0v) is 8.34. The Labute approximate surface area is 83.6 Å². The molecular weight excluding hydrogens is 176 g/mol. The lowest BCUT2D eigenvalue weighted by Gasteiger charge is -2.19. The molecule has 1 aromatic carbocycles. The minimum atomic E-state index is 0.237. The van der Waals surface area contributed by atoms with Crippen molar-refractivity contribution in [2.75, 3.05) is 0 Å². The van der Waals surface area contributed by atoms with Crippen molar-refractivity contribution in [2.45, 2.75) is 32.6 Å². The summed E-state index contributed by atoms with van der Waals surface area (Å²) >= 11 is 0. The number of fused-ring (bicyclic) bond motifs is 1. The van der Waals surface area contributed by atoms with Crippen molar-refractivity contribution in [3.8, 4) is 5.75 Å². The highest BCUT2D eigenvalue weighted by atomic mass is 16.3. The second kappa shape index (κ2) is 3.45. The van der Waals surface area contributed by atoms with Crippen LogP contribution < -0.4 is 0 Å². The molecule has 1 N–H and O–H groups in total. The van der Waals surface area contributed by atoms with Crippen LogP contribution in [0.2, 0.25) is 0 Å². The van der Waals surface area contributed by atoms with Crippen LogP contribution in [0.3, 0.4) is 0 Å². The van der Waals surface area contributed by atoms with E-state index in [1.807, 2.05) is 6.07 Å². The number of carbonyl (C=O) groups is 1. The number of ketones is 1. The normalized spacial score (nSPS) is 15.4. The monoisotopic (exact) mass is 190 g/mol. The summed E-state index contributed by atoms with van der Waals surface area (Å²) in [7, 11) is 0. The summed E-state index contributed by atoms with van der Waals surface area (Å²) in [6.45, 7) is 2.10. The molecule has 0 amide bonds. The summed E-state index contributed by atoms with van der Waals surface area (Å²) in [4.78, 5) is 11.3. The van der Waals surface area contributed by atoms with E-state index in [0.29, 0.717) is 12.8 Å². The second-order valence-electron chi connectivity index (χ2n) is 3.77. The van der Waals surface area contributed by atoms with Crippen LogP contribution in [0.4, 0.5) is 0 Å². The van der Waals surface area contributed by atoms with Gasteiger partial charge in [0, 0.05) is 18.4 Å². The first kappa shape index (κ1) is 9.25. The second-order valence-corrected chi connectivity index (χ2v) is 3.77. The van der Waals surface area contributed by atoms with Gasteiger partial charge < -0.3 is 5.11 Å². The molecule has 2 rings (SSSR count). The molecule has 0 fully saturated rings. The molecule has 0 spiro atoms. The van der Waals surface area contributed by atoms with Crippen molar-refractivity contribution in [3.63, 3.8) is 0 Å². The lowest BCUT2D eigenvalue weighted by molar-refractivity contribution is -0.118. The third kappa shape index (κ3) is 1.41. The molecule has 14 heavy (non-hydrogen) atoms. The van der Waals surface area contributed by atoms with Crippen LogP contribution in [0.5, 0.6) is 5.75 Å². The van der Waals surface area contributed by atoms with Gasteiger partial charge in [-0.3, -0.25) is 4.79 Å². The molecule has 0 unspecified atom stereocenters.